The summed E-state index contributed by atoms with van der Waals surface area (Å²) in [7, 11) is 0. The topological polar surface area (TPSA) is 86.7 Å². The lowest BCUT2D eigenvalue weighted by atomic mass is 10.2. The van der Waals surface area contributed by atoms with Crippen LogP contribution in [0.25, 0.3) is 0 Å². The van der Waals surface area contributed by atoms with Crippen LogP contribution in [0.2, 0.25) is 0 Å². The van der Waals surface area contributed by atoms with Crippen LogP contribution in [0, 0.1) is 11.8 Å². The summed E-state index contributed by atoms with van der Waals surface area (Å²) >= 11 is 0. The average molecular weight is 286 g/mol. The average Bonchev–Trinajstić information content (AvgIpc) is 2.34. The highest BCUT2D eigenvalue weighted by Gasteiger charge is 2.15. The van der Waals surface area contributed by atoms with E-state index in [1.165, 1.54) is 0 Å². The van der Waals surface area contributed by atoms with Gasteiger partial charge in [0.05, 0.1) is 11.8 Å². The molecule has 20 heavy (non-hydrogen) atoms. The van der Waals surface area contributed by atoms with Gasteiger partial charge >= 0.3 is 23.9 Å². The molecule has 0 radical (unpaired) electrons. The Bertz CT molecular complexity index is 334. The molecule has 0 saturated heterocycles. The molecule has 0 aromatic heterocycles. The molecule has 0 aromatic carbocycles. The van der Waals surface area contributed by atoms with E-state index in [1.807, 2.05) is 0 Å². The van der Waals surface area contributed by atoms with Crippen LogP contribution in [0.1, 0.15) is 53.4 Å². The van der Waals surface area contributed by atoms with Crippen molar-refractivity contribution in [2.45, 2.75) is 53.4 Å². The second-order valence-corrected chi connectivity index (χ2v) is 5.10. The third kappa shape index (κ3) is 8.39. The molecular formula is C14H22O6. The van der Waals surface area contributed by atoms with Crippen molar-refractivity contribution in [2.24, 2.45) is 11.8 Å². The van der Waals surface area contributed by atoms with Crippen LogP contribution in [-0.4, -0.2) is 23.9 Å². The molecule has 0 aliphatic heterocycles. The summed E-state index contributed by atoms with van der Waals surface area (Å²) in [5, 5.41) is 0. The fourth-order valence-electron chi connectivity index (χ4n) is 1.10. The van der Waals surface area contributed by atoms with Crippen molar-refractivity contribution in [1.82, 2.24) is 0 Å². The zero-order chi connectivity index (χ0) is 15.7. The van der Waals surface area contributed by atoms with Gasteiger partial charge in [-0.3, -0.25) is 19.2 Å². The molecule has 6 nitrogen and oxygen atoms in total. The standard InChI is InChI=1S/C14H22O6/c1-9(2)13(17)19-11(15)7-5-6-8-12(16)20-14(18)10(3)4/h9-10H,5-8H2,1-4H3. The van der Waals surface area contributed by atoms with Gasteiger partial charge in [0.1, 0.15) is 0 Å². The van der Waals surface area contributed by atoms with E-state index in [0.29, 0.717) is 12.8 Å². The van der Waals surface area contributed by atoms with Crippen LogP contribution in [-0.2, 0) is 28.7 Å². The van der Waals surface area contributed by atoms with Crippen molar-refractivity contribution in [3.05, 3.63) is 0 Å². The summed E-state index contributed by atoms with van der Waals surface area (Å²) in [6.07, 6.45) is 0.915. The van der Waals surface area contributed by atoms with Crippen LogP contribution in [0.3, 0.4) is 0 Å². The Hall–Kier alpha value is -1.72. The molecule has 0 atom stereocenters. The Morgan fingerprint density at radius 3 is 1.25 bits per heavy atom. The van der Waals surface area contributed by atoms with E-state index in [4.69, 9.17) is 0 Å². The van der Waals surface area contributed by atoms with Crippen molar-refractivity contribution in [3.63, 3.8) is 0 Å². The van der Waals surface area contributed by atoms with Crippen molar-refractivity contribution in [2.75, 3.05) is 0 Å². The largest absolute Gasteiger partial charge is 0.393 e. The molecule has 0 bridgehead atoms. The van der Waals surface area contributed by atoms with E-state index in [2.05, 4.69) is 9.47 Å². The number of hydrogen-bond acceptors (Lipinski definition) is 6. The minimum Gasteiger partial charge on any atom is -0.393 e. The Balaban J connectivity index is 3.76. The molecule has 0 aliphatic carbocycles. The van der Waals surface area contributed by atoms with Crippen molar-refractivity contribution in [1.29, 1.82) is 0 Å². The zero-order valence-corrected chi connectivity index (χ0v) is 12.4. The molecule has 114 valence electrons. The van der Waals surface area contributed by atoms with Crippen LogP contribution in [0.4, 0.5) is 0 Å². The minimum absolute atomic E-state index is 0.0594. The van der Waals surface area contributed by atoms with Gasteiger partial charge in [0, 0.05) is 12.8 Å². The fourth-order valence-corrected chi connectivity index (χ4v) is 1.10. The highest BCUT2D eigenvalue weighted by molar-refractivity contribution is 5.87. The van der Waals surface area contributed by atoms with Crippen molar-refractivity contribution >= 4 is 23.9 Å². The first kappa shape index (κ1) is 18.3. The molecule has 6 heteroatoms. The fraction of sp³-hybridized carbons (Fsp3) is 0.714. The SMILES string of the molecule is CC(C)C(=O)OC(=O)CCCCC(=O)OC(=O)C(C)C. The van der Waals surface area contributed by atoms with Gasteiger partial charge in [-0.15, -0.1) is 0 Å². The lowest BCUT2D eigenvalue weighted by Gasteiger charge is -2.06. The lowest BCUT2D eigenvalue weighted by molar-refractivity contribution is -0.164. The summed E-state index contributed by atoms with van der Waals surface area (Å²) in [6, 6.07) is 0. The van der Waals surface area contributed by atoms with Crippen LogP contribution < -0.4 is 0 Å². The number of rotatable bonds is 7. The van der Waals surface area contributed by atoms with Gasteiger partial charge in [-0.1, -0.05) is 27.7 Å². The van der Waals surface area contributed by atoms with E-state index < -0.39 is 23.9 Å². The highest BCUT2D eigenvalue weighted by atomic mass is 16.6. The van der Waals surface area contributed by atoms with E-state index in [1.54, 1.807) is 27.7 Å². The second kappa shape index (κ2) is 9.23. The first-order valence-corrected chi connectivity index (χ1v) is 6.73. The summed E-state index contributed by atoms with van der Waals surface area (Å²) in [5.74, 6) is -3.02. The number of carbonyl (C=O) groups excluding carboxylic acids is 4. The Kier molecular flexibility index (Phi) is 8.43. The molecular weight excluding hydrogens is 264 g/mol. The van der Waals surface area contributed by atoms with Gasteiger partial charge in [-0.25, -0.2) is 0 Å². The predicted molar refractivity (Wildman–Crippen MR) is 70.3 cm³/mol. The van der Waals surface area contributed by atoms with Gasteiger partial charge in [0.2, 0.25) is 0 Å². The molecule has 0 amide bonds. The first-order chi connectivity index (χ1) is 9.23. The zero-order valence-electron chi connectivity index (χ0n) is 12.4. The predicted octanol–water partition coefficient (Wildman–Crippen LogP) is 2.00. The maximum absolute atomic E-state index is 11.3. The minimum atomic E-state index is -0.602. The number of ether oxygens (including phenoxy) is 2. The number of carbonyl (C=O) groups is 4. The lowest BCUT2D eigenvalue weighted by Crippen LogP contribution is -2.18. The van der Waals surface area contributed by atoms with E-state index in [0.717, 1.165) is 0 Å². The summed E-state index contributed by atoms with van der Waals surface area (Å²) in [6.45, 7) is 6.55. The maximum atomic E-state index is 11.3. The Morgan fingerprint density at radius 1 is 0.700 bits per heavy atom. The monoisotopic (exact) mass is 286 g/mol. The van der Waals surface area contributed by atoms with Crippen LogP contribution in [0.5, 0.6) is 0 Å². The third-order valence-electron chi connectivity index (χ3n) is 2.38. The molecule has 0 fully saturated rings. The molecule has 0 rings (SSSR count). The Morgan fingerprint density at radius 2 is 1.00 bits per heavy atom. The molecule has 0 saturated carbocycles. The van der Waals surface area contributed by atoms with Gasteiger partial charge in [-0.2, -0.15) is 0 Å². The van der Waals surface area contributed by atoms with Gasteiger partial charge in [-0.05, 0) is 12.8 Å². The van der Waals surface area contributed by atoms with E-state index >= 15 is 0 Å². The number of hydrogen-bond donors (Lipinski definition) is 0. The molecule has 0 aliphatic rings. The molecule has 0 heterocycles. The second-order valence-electron chi connectivity index (χ2n) is 5.10. The first-order valence-electron chi connectivity index (χ1n) is 6.73. The molecule has 0 N–H and O–H groups in total. The van der Waals surface area contributed by atoms with Crippen molar-refractivity contribution < 1.29 is 28.7 Å². The highest BCUT2D eigenvalue weighted by Crippen LogP contribution is 2.06. The van der Waals surface area contributed by atoms with Crippen molar-refractivity contribution in [3.8, 4) is 0 Å². The Labute approximate surface area is 118 Å². The van der Waals surface area contributed by atoms with Crippen LogP contribution in [0.15, 0.2) is 0 Å². The maximum Gasteiger partial charge on any atom is 0.316 e. The normalized spacial score (nSPS) is 10.5. The molecule has 0 spiro atoms. The van der Waals surface area contributed by atoms with Gasteiger partial charge < -0.3 is 9.47 Å². The van der Waals surface area contributed by atoms with E-state index in [9.17, 15) is 19.2 Å². The number of unbranched alkanes of at least 4 members (excludes halogenated alkanes) is 1. The van der Waals surface area contributed by atoms with E-state index in [-0.39, 0.29) is 24.7 Å². The third-order valence-corrected chi connectivity index (χ3v) is 2.38. The summed E-state index contributed by atoms with van der Waals surface area (Å²) in [4.78, 5) is 44.8. The number of esters is 4. The molecule has 0 unspecified atom stereocenters. The summed E-state index contributed by atoms with van der Waals surface area (Å²) < 4.78 is 9.13. The quantitative estimate of drug-likeness (QED) is 0.404. The smallest absolute Gasteiger partial charge is 0.316 e. The van der Waals surface area contributed by atoms with Crippen LogP contribution >= 0.6 is 0 Å². The van der Waals surface area contributed by atoms with Gasteiger partial charge in [0.25, 0.3) is 0 Å². The molecule has 0 aromatic rings. The van der Waals surface area contributed by atoms with Gasteiger partial charge in [0.15, 0.2) is 0 Å². The summed E-state index contributed by atoms with van der Waals surface area (Å²) in [5.41, 5.74) is 0.